The zero-order chi connectivity index (χ0) is 10.9. The van der Waals surface area contributed by atoms with Crippen molar-refractivity contribution in [1.29, 1.82) is 0 Å². The number of nitrogens with two attached hydrogens (primary N) is 1. The van der Waals surface area contributed by atoms with E-state index in [0.717, 1.165) is 0 Å². The highest BCUT2D eigenvalue weighted by Gasteiger charge is 2.29. The van der Waals surface area contributed by atoms with E-state index in [0.29, 0.717) is 12.1 Å². The Labute approximate surface area is 87.6 Å². The summed E-state index contributed by atoms with van der Waals surface area (Å²) in [6.45, 7) is 0.573. The van der Waals surface area contributed by atoms with Gasteiger partial charge in [-0.2, -0.15) is 8.42 Å². The maximum Gasteiger partial charge on any atom is 0.286 e. The lowest BCUT2D eigenvalue weighted by Crippen LogP contribution is -2.13. The van der Waals surface area contributed by atoms with E-state index < -0.39 is 10.0 Å². The predicted molar refractivity (Wildman–Crippen MR) is 55.2 cm³/mol. The Morgan fingerprint density at radius 3 is 2.80 bits per heavy atom. The summed E-state index contributed by atoms with van der Waals surface area (Å²) in [6.07, 6.45) is 0. The molecule has 0 spiro atoms. The molecule has 1 heterocycles. The Morgan fingerprint density at radius 2 is 2.07 bits per heavy atom. The van der Waals surface area contributed by atoms with E-state index in [1.165, 1.54) is 6.07 Å². The third-order valence-corrected chi connectivity index (χ3v) is 3.27. The molecule has 0 saturated heterocycles. The van der Waals surface area contributed by atoms with Gasteiger partial charge in [0.15, 0.2) is 0 Å². The van der Waals surface area contributed by atoms with Crippen LogP contribution in [0.4, 0.5) is 0 Å². The largest absolute Gasteiger partial charge is 0.475 e. The van der Waals surface area contributed by atoms with Crippen molar-refractivity contribution in [3.8, 4) is 0 Å². The van der Waals surface area contributed by atoms with Crippen LogP contribution in [0, 0.1) is 0 Å². The third kappa shape index (κ3) is 1.73. The minimum Gasteiger partial charge on any atom is -0.475 e. The van der Waals surface area contributed by atoms with Gasteiger partial charge in [0.25, 0.3) is 10.0 Å². The Bertz CT molecular complexity index is 508. The molecule has 0 unspecified atom stereocenters. The zero-order valence-corrected chi connectivity index (χ0v) is 8.70. The zero-order valence-electron chi connectivity index (χ0n) is 7.88. The second-order valence-corrected chi connectivity index (χ2v) is 4.58. The topological polar surface area (TPSA) is 81.8 Å². The molecule has 0 amide bonds. The van der Waals surface area contributed by atoms with Gasteiger partial charge in [-0.15, -0.1) is 4.40 Å². The molecule has 0 atom stereocenters. The number of sulfonamides is 1. The average Bonchev–Trinajstić information content (AvgIpc) is 2.49. The summed E-state index contributed by atoms with van der Waals surface area (Å²) in [6, 6.07) is 6.56. The highest BCUT2D eigenvalue weighted by molar-refractivity contribution is 7.90. The van der Waals surface area contributed by atoms with Crippen LogP contribution in [0.5, 0.6) is 0 Å². The first-order chi connectivity index (χ1) is 7.15. The molecule has 0 bridgehead atoms. The van der Waals surface area contributed by atoms with E-state index in [9.17, 15) is 8.42 Å². The maximum atomic E-state index is 11.5. The van der Waals surface area contributed by atoms with Gasteiger partial charge in [-0.05, 0) is 12.1 Å². The van der Waals surface area contributed by atoms with Gasteiger partial charge in [0.2, 0.25) is 5.90 Å². The lowest BCUT2D eigenvalue weighted by Gasteiger charge is -2.02. The van der Waals surface area contributed by atoms with Gasteiger partial charge < -0.3 is 10.5 Å². The standard InChI is InChI=1S/C9H10N2O3S/c10-5-6-14-9-7-3-1-2-4-8(7)15(12,13)11-9/h1-4H,5-6,10H2. The van der Waals surface area contributed by atoms with E-state index >= 15 is 0 Å². The molecule has 1 aliphatic heterocycles. The summed E-state index contributed by atoms with van der Waals surface area (Å²) in [5.41, 5.74) is 5.77. The molecule has 15 heavy (non-hydrogen) atoms. The highest BCUT2D eigenvalue weighted by atomic mass is 32.2. The number of hydrogen-bond acceptors (Lipinski definition) is 4. The minimum absolute atomic E-state index is 0.135. The number of rotatable bonds is 2. The lowest BCUT2D eigenvalue weighted by molar-refractivity contribution is 0.318. The van der Waals surface area contributed by atoms with Crippen molar-refractivity contribution < 1.29 is 13.2 Å². The van der Waals surface area contributed by atoms with Crippen LogP contribution in [0.2, 0.25) is 0 Å². The molecular weight excluding hydrogens is 216 g/mol. The number of nitrogens with zero attached hydrogens (tertiary/aromatic N) is 1. The second kappa shape index (κ2) is 3.63. The quantitative estimate of drug-likeness (QED) is 0.776. The van der Waals surface area contributed by atoms with Crippen LogP contribution in [0.15, 0.2) is 33.6 Å². The fraction of sp³-hybridized carbons (Fsp3) is 0.222. The van der Waals surface area contributed by atoms with Gasteiger partial charge >= 0.3 is 0 Å². The Kier molecular flexibility index (Phi) is 2.45. The normalized spacial score (nSPS) is 17.0. The van der Waals surface area contributed by atoms with Crippen molar-refractivity contribution in [3.63, 3.8) is 0 Å². The van der Waals surface area contributed by atoms with E-state index in [4.69, 9.17) is 10.5 Å². The summed E-state index contributed by atoms with van der Waals surface area (Å²) < 4.78 is 31.8. The number of ether oxygens (including phenoxy) is 1. The fourth-order valence-corrected chi connectivity index (χ4v) is 2.49. The molecule has 2 rings (SSSR count). The molecule has 0 aromatic heterocycles. The number of benzene rings is 1. The van der Waals surface area contributed by atoms with Crippen molar-refractivity contribution in [1.82, 2.24) is 0 Å². The van der Waals surface area contributed by atoms with Gasteiger partial charge in [-0.3, -0.25) is 0 Å². The lowest BCUT2D eigenvalue weighted by atomic mass is 10.2. The van der Waals surface area contributed by atoms with E-state index in [-0.39, 0.29) is 17.4 Å². The molecule has 0 saturated carbocycles. The van der Waals surface area contributed by atoms with E-state index in [2.05, 4.69) is 4.40 Å². The van der Waals surface area contributed by atoms with Gasteiger partial charge in [0, 0.05) is 6.54 Å². The molecule has 5 nitrogen and oxygen atoms in total. The van der Waals surface area contributed by atoms with Crippen molar-refractivity contribution in [2.45, 2.75) is 4.90 Å². The van der Waals surface area contributed by atoms with Gasteiger partial charge in [0.05, 0.1) is 5.56 Å². The summed E-state index contributed by atoms with van der Waals surface area (Å²) >= 11 is 0. The monoisotopic (exact) mass is 226 g/mol. The summed E-state index contributed by atoms with van der Waals surface area (Å²) in [5, 5.41) is 0. The minimum atomic E-state index is -3.56. The van der Waals surface area contributed by atoms with Crippen LogP contribution in [-0.4, -0.2) is 27.5 Å². The highest BCUT2D eigenvalue weighted by Crippen LogP contribution is 2.25. The molecule has 1 aliphatic rings. The van der Waals surface area contributed by atoms with Crippen LogP contribution < -0.4 is 5.73 Å². The first kappa shape index (κ1) is 10.1. The molecule has 0 radical (unpaired) electrons. The van der Waals surface area contributed by atoms with Crippen molar-refractivity contribution in [2.75, 3.05) is 13.2 Å². The smallest absolute Gasteiger partial charge is 0.286 e. The summed E-state index contributed by atoms with van der Waals surface area (Å²) in [5.74, 6) is 0.135. The van der Waals surface area contributed by atoms with Crippen LogP contribution >= 0.6 is 0 Å². The molecule has 0 aliphatic carbocycles. The van der Waals surface area contributed by atoms with Crippen molar-refractivity contribution in [2.24, 2.45) is 10.1 Å². The van der Waals surface area contributed by atoms with Gasteiger partial charge in [-0.25, -0.2) is 0 Å². The van der Waals surface area contributed by atoms with Crippen LogP contribution in [-0.2, 0) is 14.8 Å². The van der Waals surface area contributed by atoms with Gasteiger partial charge in [-0.1, -0.05) is 12.1 Å². The number of hydrogen-bond donors (Lipinski definition) is 1. The van der Waals surface area contributed by atoms with Crippen LogP contribution in [0.3, 0.4) is 0 Å². The predicted octanol–water partition coefficient (Wildman–Crippen LogP) is 0.111. The molecule has 6 heteroatoms. The average molecular weight is 226 g/mol. The van der Waals surface area contributed by atoms with Crippen LogP contribution in [0.25, 0.3) is 0 Å². The first-order valence-electron chi connectivity index (χ1n) is 4.42. The van der Waals surface area contributed by atoms with Crippen molar-refractivity contribution in [3.05, 3.63) is 29.8 Å². The molecular formula is C9H10N2O3S. The Balaban J connectivity index is 2.44. The summed E-state index contributed by atoms with van der Waals surface area (Å²) in [4.78, 5) is 0.192. The maximum absolute atomic E-state index is 11.5. The Hall–Kier alpha value is -1.40. The van der Waals surface area contributed by atoms with E-state index in [1.54, 1.807) is 18.2 Å². The molecule has 0 fully saturated rings. The second-order valence-electron chi connectivity index (χ2n) is 3.00. The number of fused-ring (bicyclic) bond motifs is 1. The Morgan fingerprint density at radius 1 is 1.33 bits per heavy atom. The first-order valence-corrected chi connectivity index (χ1v) is 5.86. The third-order valence-electron chi connectivity index (χ3n) is 1.96. The summed E-state index contributed by atoms with van der Waals surface area (Å²) in [7, 11) is -3.56. The SMILES string of the molecule is NCCOC1=NS(=O)(=O)c2ccccc21. The van der Waals surface area contributed by atoms with Crippen LogP contribution in [0.1, 0.15) is 5.56 Å². The molecule has 80 valence electrons. The van der Waals surface area contributed by atoms with Gasteiger partial charge in [0.1, 0.15) is 11.5 Å². The molecule has 1 aromatic rings. The molecule has 1 aromatic carbocycles. The fourth-order valence-electron chi connectivity index (χ4n) is 1.34. The molecule has 2 N–H and O–H groups in total. The van der Waals surface area contributed by atoms with Crippen molar-refractivity contribution >= 4 is 15.9 Å². The van der Waals surface area contributed by atoms with E-state index in [1.807, 2.05) is 0 Å².